The third-order valence-electron chi connectivity index (χ3n) is 10.0. The summed E-state index contributed by atoms with van der Waals surface area (Å²) in [5.74, 6) is -1.67. The van der Waals surface area contributed by atoms with Crippen molar-refractivity contribution in [3.05, 3.63) is 35.9 Å². The van der Waals surface area contributed by atoms with Crippen LogP contribution in [0.25, 0.3) is 0 Å². The molecule has 16 nitrogen and oxygen atoms in total. The van der Waals surface area contributed by atoms with E-state index in [4.69, 9.17) is 28.4 Å². The minimum atomic E-state index is -1.72. The molecular formula is C34H50NNaO15. The van der Waals surface area contributed by atoms with Gasteiger partial charge in [0.15, 0.2) is 18.7 Å². The van der Waals surface area contributed by atoms with Gasteiger partial charge in [-0.2, -0.15) is 0 Å². The Kier molecular flexibility index (Phi) is 16.5. The fourth-order valence-electron chi connectivity index (χ4n) is 7.07. The molecule has 1 aliphatic carbocycles. The van der Waals surface area contributed by atoms with Gasteiger partial charge in [0.05, 0.1) is 25.4 Å². The molecule has 0 amide bonds. The van der Waals surface area contributed by atoms with Gasteiger partial charge in [-0.1, -0.05) is 62.4 Å². The summed E-state index contributed by atoms with van der Waals surface area (Å²) >= 11 is 0. The van der Waals surface area contributed by atoms with Gasteiger partial charge in [-0.3, -0.25) is 4.99 Å². The molecule has 3 aliphatic heterocycles. The number of aliphatic imine (C=N–C) groups is 1. The molecule has 0 spiro atoms. The van der Waals surface area contributed by atoms with Crippen LogP contribution in [0.2, 0.25) is 0 Å². The van der Waals surface area contributed by atoms with E-state index < -0.39 is 104 Å². The average molecular weight is 736 g/mol. The van der Waals surface area contributed by atoms with Crippen LogP contribution in [0.3, 0.4) is 0 Å². The predicted octanol–water partition coefficient (Wildman–Crippen LogP) is -4.57. The van der Waals surface area contributed by atoms with Crippen LogP contribution >= 0.6 is 0 Å². The van der Waals surface area contributed by atoms with E-state index >= 15 is 0 Å². The molecule has 51 heavy (non-hydrogen) atoms. The predicted molar refractivity (Wildman–Crippen MR) is 170 cm³/mol. The van der Waals surface area contributed by atoms with Gasteiger partial charge in [0, 0.05) is 6.61 Å². The molecule has 1 unspecified atom stereocenters. The van der Waals surface area contributed by atoms with Crippen molar-refractivity contribution < 1.29 is 104 Å². The topological polar surface area (TPSA) is 249 Å². The van der Waals surface area contributed by atoms with Gasteiger partial charge in [0.1, 0.15) is 54.9 Å². The van der Waals surface area contributed by atoms with Crippen molar-refractivity contribution in [1.29, 1.82) is 0 Å². The molecule has 1 saturated carbocycles. The third kappa shape index (κ3) is 10.7. The van der Waals surface area contributed by atoms with E-state index in [0.717, 1.165) is 32.1 Å². The molecule has 3 saturated heterocycles. The Labute approximate surface area is 318 Å². The maximum absolute atomic E-state index is 12.8. The standard InChI is InChI=1S/C34H51NO15.Na/c1-17-24(37)26(39)27(40)33(46-17)50-29-20(12-13-45-22(29)15-35-31(42)19-10-6-3-7-11-19)48-34-28(41)30(25(38)23(16-36)49-34)47-21(32(43)44)14-18-8-4-2-5-9-18;/h3,6-7,10-11,17-18,20-30,33-34,36-41H,2,4-5,8-9,12-16H2,1H3,(H,35,42)(H,43,44);/q;+1/p-1/t17-,20+,21+,22?,23+,24+,25-,26-,27+,28-,29-,30+,33-,34+;/m1./s1. The summed E-state index contributed by atoms with van der Waals surface area (Å²) in [5.41, 5.74) is 0.340. The Balaban J connectivity index is 0.00000583. The van der Waals surface area contributed by atoms with Crippen molar-refractivity contribution in [2.75, 3.05) is 19.8 Å². The maximum atomic E-state index is 12.8. The number of carbonyl (C=O) groups is 1. The van der Waals surface area contributed by atoms with Gasteiger partial charge < -0.3 is 69.3 Å². The Hall–Kier alpha value is -1.32. The molecule has 1 aromatic carbocycles. The first-order valence-electron chi connectivity index (χ1n) is 17.4. The van der Waals surface area contributed by atoms with Crippen molar-refractivity contribution in [2.24, 2.45) is 10.9 Å². The van der Waals surface area contributed by atoms with Gasteiger partial charge in [0.2, 0.25) is 0 Å². The van der Waals surface area contributed by atoms with Gasteiger partial charge in [-0.25, -0.2) is 4.79 Å². The number of hydrogen-bond donors (Lipinski definition) is 7. The summed E-state index contributed by atoms with van der Waals surface area (Å²) in [5, 5.41) is 86.6. The molecule has 3 heterocycles. The van der Waals surface area contributed by atoms with Gasteiger partial charge in [-0.15, -0.1) is 0 Å². The van der Waals surface area contributed by atoms with E-state index in [-0.39, 0.29) is 61.5 Å². The minimum absolute atomic E-state index is 0. The van der Waals surface area contributed by atoms with Crippen LogP contribution in [0.1, 0.15) is 57.4 Å². The number of hydrogen-bond acceptors (Lipinski definition) is 15. The van der Waals surface area contributed by atoms with Crippen LogP contribution in [0.15, 0.2) is 35.3 Å². The first kappa shape index (κ1) is 42.4. The summed E-state index contributed by atoms with van der Waals surface area (Å²) in [7, 11) is 0. The number of aliphatic hydroxyl groups is 6. The zero-order valence-corrected chi connectivity index (χ0v) is 31.0. The second kappa shape index (κ2) is 19.8. The fraction of sp³-hybridized carbons (Fsp3) is 0.765. The molecule has 0 aromatic heterocycles. The quantitative estimate of drug-likeness (QED) is 0.0573. The smallest absolute Gasteiger partial charge is 0.858 e. The first-order chi connectivity index (χ1) is 24.0. The monoisotopic (exact) mass is 735 g/mol. The van der Waals surface area contributed by atoms with E-state index in [0.29, 0.717) is 5.56 Å². The van der Waals surface area contributed by atoms with Crippen LogP contribution in [-0.4, -0.2) is 153 Å². The van der Waals surface area contributed by atoms with Crippen molar-refractivity contribution in [3.8, 4) is 0 Å². The zero-order valence-electron chi connectivity index (χ0n) is 29.0. The van der Waals surface area contributed by atoms with E-state index in [1.165, 1.54) is 6.92 Å². The van der Waals surface area contributed by atoms with Crippen LogP contribution in [0.4, 0.5) is 0 Å². The molecule has 0 radical (unpaired) electrons. The molecule has 7 N–H and O–H groups in total. The van der Waals surface area contributed by atoms with Crippen molar-refractivity contribution in [2.45, 2.75) is 138 Å². The van der Waals surface area contributed by atoms with Crippen LogP contribution in [0.5, 0.6) is 0 Å². The number of nitrogens with zero attached hydrogens (tertiary/aromatic N) is 1. The molecule has 4 fully saturated rings. The van der Waals surface area contributed by atoms with Gasteiger partial charge in [-0.05, 0) is 37.1 Å². The van der Waals surface area contributed by atoms with Gasteiger partial charge in [0.25, 0.3) is 0 Å². The largest absolute Gasteiger partial charge is 1.00 e. The molecular weight excluding hydrogens is 685 g/mol. The summed E-state index contributed by atoms with van der Waals surface area (Å²) in [6.07, 6.45) is -14.3. The first-order valence-corrected chi connectivity index (χ1v) is 17.4. The average Bonchev–Trinajstić information content (AvgIpc) is 3.12. The number of aliphatic carboxylic acids is 1. The number of carboxylic acid groups (broad SMARTS) is 1. The van der Waals surface area contributed by atoms with Crippen molar-refractivity contribution >= 4 is 11.9 Å². The number of rotatable bonds is 13. The summed E-state index contributed by atoms with van der Waals surface area (Å²) < 4.78 is 35.6. The van der Waals surface area contributed by atoms with Crippen molar-refractivity contribution in [1.82, 2.24) is 0 Å². The third-order valence-corrected chi connectivity index (χ3v) is 10.0. The maximum Gasteiger partial charge on any atom is 1.00 e. The SMILES string of the molecule is C[C@H]1O[C@H](O[C@H]2C(CN=C([O-])c3ccccc3)OCC[C@@H]2O[C@H]2O[C@@H](CO)[C@@H](O)[C@H](O[C@@H](CC3CCCCC3)C(=O)O)[C@H]2O)[C@@H](O)[C@H](O)[C@H]1O.[Na+]. The van der Waals surface area contributed by atoms with E-state index in [1.807, 2.05) is 0 Å². The molecule has 282 valence electrons. The normalized spacial score (nSPS) is 38.8. The van der Waals surface area contributed by atoms with Crippen molar-refractivity contribution in [3.63, 3.8) is 0 Å². The molecule has 4 aliphatic rings. The number of aliphatic hydroxyl groups excluding tert-OH is 6. The molecule has 0 bridgehead atoms. The molecule has 5 rings (SSSR count). The number of benzene rings is 1. The Morgan fingerprint density at radius 3 is 2.24 bits per heavy atom. The van der Waals surface area contributed by atoms with E-state index in [1.54, 1.807) is 30.3 Å². The number of ether oxygens (including phenoxy) is 6. The van der Waals surface area contributed by atoms with E-state index in [9.17, 15) is 45.6 Å². The Morgan fingerprint density at radius 1 is 0.882 bits per heavy atom. The molecule has 14 atom stereocenters. The molecule has 17 heteroatoms. The summed E-state index contributed by atoms with van der Waals surface area (Å²) in [4.78, 5) is 16.4. The Bertz CT molecular complexity index is 1240. The van der Waals surface area contributed by atoms with Crippen LogP contribution < -0.4 is 34.7 Å². The second-order valence-corrected chi connectivity index (χ2v) is 13.5. The Morgan fingerprint density at radius 2 is 1.57 bits per heavy atom. The number of carboxylic acids is 1. The fourth-order valence-corrected chi connectivity index (χ4v) is 7.07. The van der Waals surface area contributed by atoms with Crippen LogP contribution in [-0.2, 0) is 33.2 Å². The van der Waals surface area contributed by atoms with Gasteiger partial charge >= 0.3 is 35.5 Å². The van der Waals surface area contributed by atoms with Crippen LogP contribution in [0, 0.1) is 5.92 Å². The second-order valence-electron chi connectivity index (χ2n) is 13.5. The molecule has 1 aromatic rings. The summed E-state index contributed by atoms with van der Waals surface area (Å²) in [6, 6.07) is 8.34. The zero-order chi connectivity index (χ0) is 35.9. The van der Waals surface area contributed by atoms with E-state index in [2.05, 4.69) is 4.99 Å². The summed E-state index contributed by atoms with van der Waals surface area (Å²) in [6.45, 7) is 0.636. The minimum Gasteiger partial charge on any atom is -0.858 e.